The number of phosphoric ester groups is 1. The minimum absolute atomic E-state index is 0.0869. The number of carbonyl (C=O) groups is 1. The van der Waals surface area contributed by atoms with Gasteiger partial charge < -0.3 is 18.9 Å². The lowest BCUT2D eigenvalue weighted by Crippen LogP contribution is -2.37. The van der Waals surface area contributed by atoms with Gasteiger partial charge in [0.15, 0.2) is 0 Å². The molecule has 0 radical (unpaired) electrons. The molecule has 0 aliphatic carbocycles. The summed E-state index contributed by atoms with van der Waals surface area (Å²) in [4.78, 5) is 23.1. The van der Waals surface area contributed by atoms with Crippen LogP contribution < -0.4 is 0 Å². The van der Waals surface area contributed by atoms with E-state index in [1.54, 1.807) is 0 Å². The Morgan fingerprint density at radius 3 is 1.12 bits per heavy atom. The van der Waals surface area contributed by atoms with Crippen molar-refractivity contribution in [2.45, 2.75) is 290 Å². The summed E-state index contributed by atoms with van der Waals surface area (Å²) < 4.78 is 35.3. The molecule has 0 saturated carbocycles. The van der Waals surface area contributed by atoms with Gasteiger partial charge in [-0.05, 0) is 83.5 Å². The predicted octanol–water partition coefficient (Wildman–Crippen LogP) is 20.0. The first-order chi connectivity index (χ1) is 35.6. The van der Waals surface area contributed by atoms with Gasteiger partial charge in [-0.1, -0.05) is 254 Å². The van der Waals surface area contributed by atoms with Crippen LogP contribution in [-0.4, -0.2) is 75.6 Å². The summed E-state index contributed by atoms with van der Waals surface area (Å²) in [6, 6.07) is 0. The van der Waals surface area contributed by atoms with Crippen molar-refractivity contribution < 1.29 is 37.3 Å². The van der Waals surface area contributed by atoms with Crippen LogP contribution >= 0.6 is 7.82 Å². The second kappa shape index (κ2) is 56.4. The van der Waals surface area contributed by atoms with Crippen molar-refractivity contribution in [2.75, 3.05) is 54.1 Å². The van der Waals surface area contributed by atoms with Crippen LogP contribution in [0.5, 0.6) is 0 Å². The lowest BCUT2D eigenvalue weighted by atomic mass is 10.0. The lowest BCUT2D eigenvalue weighted by Gasteiger charge is -2.24. The summed E-state index contributed by atoms with van der Waals surface area (Å²) in [7, 11) is 1.67. The molecule has 0 aromatic heterocycles. The molecule has 428 valence electrons. The highest BCUT2D eigenvalue weighted by molar-refractivity contribution is 7.47. The number of allylic oxidation sites excluding steroid dienone is 10. The van der Waals surface area contributed by atoms with Gasteiger partial charge in [0.05, 0.1) is 34.4 Å². The number of rotatable bonds is 58. The number of unbranched alkanes of at least 4 members (excludes halogenated alkanes) is 34. The molecule has 0 fully saturated rings. The summed E-state index contributed by atoms with van der Waals surface area (Å²) in [5.74, 6) is -0.313. The number of hydrogen-bond donors (Lipinski definition) is 1. The molecule has 1 N–H and O–H groups in total. The number of likely N-dealkylation sites (N-methyl/N-ethyl adjacent to an activating group) is 1. The van der Waals surface area contributed by atoms with Crippen molar-refractivity contribution in [1.29, 1.82) is 0 Å². The average molecular weight is 1050 g/mol. The number of phosphoric acid groups is 1. The first-order valence-electron chi connectivity index (χ1n) is 31.0. The van der Waals surface area contributed by atoms with Gasteiger partial charge in [0, 0.05) is 13.0 Å². The largest absolute Gasteiger partial charge is 0.472 e. The normalized spacial score (nSPS) is 13.8. The van der Waals surface area contributed by atoms with Gasteiger partial charge in [0.25, 0.3) is 0 Å². The highest BCUT2D eigenvalue weighted by atomic mass is 31.2. The summed E-state index contributed by atoms with van der Waals surface area (Å²) in [5.41, 5.74) is 0. The van der Waals surface area contributed by atoms with Gasteiger partial charge >= 0.3 is 13.8 Å². The standard InChI is InChI=1S/C64H120NO7P/c1-6-8-10-12-14-16-18-20-22-24-26-28-30-32-34-36-38-40-42-44-46-48-50-52-54-56-59-69-61-63(62-71-73(67,68)70-60-58-65(3,4)5)72-64(66)57-55-53-51-49-47-45-43-41-39-37-35-33-31-29-27-25-23-21-19-17-15-13-11-9-7-2/h18-21,24-27,30,32,63H,6-17,22-23,28-29,31,33-62H2,1-5H3/p+1/b20-18-,21-19-,26-24-,27-25-,32-30-. The quantitative estimate of drug-likeness (QED) is 0.0213. The van der Waals surface area contributed by atoms with Crippen molar-refractivity contribution in [3.05, 3.63) is 60.8 Å². The van der Waals surface area contributed by atoms with Gasteiger partial charge in [-0.25, -0.2) is 4.57 Å². The van der Waals surface area contributed by atoms with E-state index in [9.17, 15) is 14.3 Å². The van der Waals surface area contributed by atoms with Gasteiger partial charge in [-0.2, -0.15) is 0 Å². The van der Waals surface area contributed by atoms with Gasteiger partial charge in [0.1, 0.15) is 19.3 Å². The average Bonchev–Trinajstić information content (AvgIpc) is 3.35. The van der Waals surface area contributed by atoms with Crippen molar-refractivity contribution in [3.8, 4) is 0 Å². The van der Waals surface area contributed by atoms with Crippen LogP contribution in [0.25, 0.3) is 0 Å². The van der Waals surface area contributed by atoms with Crippen LogP contribution in [0.15, 0.2) is 60.8 Å². The minimum Gasteiger partial charge on any atom is -0.457 e. The molecule has 2 atom stereocenters. The lowest BCUT2D eigenvalue weighted by molar-refractivity contribution is -0.870. The van der Waals surface area contributed by atoms with Crippen molar-refractivity contribution in [3.63, 3.8) is 0 Å². The Bertz CT molecular complexity index is 1350. The number of hydrogen-bond acceptors (Lipinski definition) is 6. The van der Waals surface area contributed by atoms with E-state index in [0.29, 0.717) is 24.1 Å². The molecule has 0 amide bonds. The van der Waals surface area contributed by atoms with E-state index in [1.807, 2.05) is 21.1 Å². The number of carbonyl (C=O) groups excluding carboxylic acids is 1. The number of quaternary nitrogens is 1. The van der Waals surface area contributed by atoms with E-state index in [0.717, 1.165) is 51.4 Å². The van der Waals surface area contributed by atoms with Crippen LogP contribution in [0.2, 0.25) is 0 Å². The zero-order valence-electron chi connectivity index (χ0n) is 48.9. The maximum absolute atomic E-state index is 12.8. The van der Waals surface area contributed by atoms with E-state index < -0.39 is 13.9 Å². The first-order valence-corrected chi connectivity index (χ1v) is 32.5. The summed E-state index contributed by atoms with van der Waals surface area (Å²) in [5, 5.41) is 0. The molecule has 0 aliphatic rings. The fourth-order valence-electron chi connectivity index (χ4n) is 8.77. The Labute approximate surface area is 453 Å². The third-order valence-electron chi connectivity index (χ3n) is 13.6. The molecule has 2 unspecified atom stereocenters. The summed E-state index contributed by atoms with van der Waals surface area (Å²) >= 11 is 0. The molecule has 0 heterocycles. The summed E-state index contributed by atoms with van der Waals surface area (Å²) in [6.07, 6.45) is 74.4. The molecule has 0 aromatic carbocycles. The van der Waals surface area contributed by atoms with Crippen molar-refractivity contribution in [1.82, 2.24) is 0 Å². The SMILES string of the molecule is CCCCCCC/C=C\C/C=C\C/C=C\CCCCCCCCCCCCCOCC(COP(=O)(O)OCC[N+](C)(C)C)OC(=O)CCCCCCCCCCCCCCC/C=C\C/C=C\CCCCCCC. The van der Waals surface area contributed by atoms with E-state index >= 15 is 0 Å². The molecule has 0 aliphatic heterocycles. The number of nitrogens with zero attached hydrogens (tertiary/aromatic N) is 1. The van der Waals surface area contributed by atoms with E-state index in [1.165, 1.54) is 212 Å². The van der Waals surface area contributed by atoms with E-state index in [-0.39, 0.29) is 25.8 Å². The smallest absolute Gasteiger partial charge is 0.457 e. The third-order valence-corrected chi connectivity index (χ3v) is 14.5. The van der Waals surface area contributed by atoms with Crippen LogP contribution in [0.3, 0.4) is 0 Å². The van der Waals surface area contributed by atoms with E-state index in [4.69, 9.17) is 18.5 Å². The van der Waals surface area contributed by atoms with E-state index in [2.05, 4.69) is 74.6 Å². The minimum atomic E-state index is -4.29. The highest BCUT2D eigenvalue weighted by Gasteiger charge is 2.26. The monoisotopic (exact) mass is 1050 g/mol. The molecule has 0 aromatic rings. The summed E-state index contributed by atoms with van der Waals surface area (Å²) in [6.45, 7) is 5.63. The number of ether oxygens (including phenoxy) is 2. The first kappa shape index (κ1) is 71.2. The second-order valence-electron chi connectivity index (χ2n) is 22.1. The Morgan fingerprint density at radius 2 is 0.753 bits per heavy atom. The third kappa shape index (κ3) is 60.9. The molecule has 73 heavy (non-hydrogen) atoms. The Balaban J connectivity index is 4.04. The predicted molar refractivity (Wildman–Crippen MR) is 316 cm³/mol. The van der Waals surface area contributed by atoms with Gasteiger partial charge in [-0.3, -0.25) is 13.8 Å². The zero-order valence-corrected chi connectivity index (χ0v) is 49.8. The molecule has 9 heteroatoms. The maximum Gasteiger partial charge on any atom is 0.472 e. The van der Waals surface area contributed by atoms with Crippen LogP contribution in [0.4, 0.5) is 0 Å². The second-order valence-corrected chi connectivity index (χ2v) is 23.5. The van der Waals surface area contributed by atoms with Crippen LogP contribution in [0.1, 0.15) is 284 Å². The van der Waals surface area contributed by atoms with Crippen molar-refractivity contribution >= 4 is 13.8 Å². The van der Waals surface area contributed by atoms with Gasteiger partial charge in [-0.15, -0.1) is 0 Å². The Morgan fingerprint density at radius 1 is 0.425 bits per heavy atom. The van der Waals surface area contributed by atoms with Gasteiger partial charge in [0.2, 0.25) is 0 Å². The van der Waals surface area contributed by atoms with Crippen LogP contribution in [0, 0.1) is 0 Å². The topological polar surface area (TPSA) is 91.3 Å². The zero-order chi connectivity index (χ0) is 53.3. The van der Waals surface area contributed by atoms with Crippen LogP contribution in [-0.2, 0) is 27.9 Å². The Hall–Kier alpha value is -1.80. The maximum atomic E-state index is 12.8. The Kier molecular flexibility index (Phi) is 55.0. The highest BCUT2D eigenvalue weighted by Crippen LogP contribution is 2.43. The molecular weight excluding hydrogens is 926 g/mol. The molecule has 0 bridgehead atoms. The molecule has 0 saturated heterocycles. The molecule has 0 spiro atoms. The molecule has 0 rings (SSSR count). The van der Waals surface area contributed by atoms with Crippen molar-refractivity contribution in [2.24, 2.45) is 0 Å². The fourth-order valence-corrected chi connectivity index (χ4v) is 9.51. The molecular formula is C64H121NO7P+. The fraction of sp³-hybridized carbons (Fsp3) is 0.828. The molecule has 8 nitrogen and oxygen atoms in total. The number of esters is 1.